The Bertz CT molecular complexity index is 464. The van der Waals surface area contributed by atoms with Crippen molar-refractivity contribution in [2.75, 3.05) is 19.6 Å². The van der Waals surface area contributed by atoms with E-state index >= 15 is 0 Å². The van der Waals surface area contributed by atoms with Crippen molar-refractivity contribution in [3.63, 3.8) is 0 Å². The smallest absolute Gasteiger partial charge is 0.221 e. The van der Waals surface area contributed by atoms with Crippen molar-refractivity contribution in [3.05, 3.63) is 20.3 Å². The van der Waals surface area contributed by atoms with Crippen LogP contribution in [-0.2, 0) is 11.3 Å². The van der Waals surface area contributed by atoms with Crippen LogP contribution in [0.3, 0.4) is 0 Å². The Hall–Kier alpha value is -0.140. The van der Waals surface area contributed by atoms with E-state index in [2.05, 4.69) is 39.1 Å². The van der Waals surface area contributed by atoms with E-state index in [4.69, 9.17) is 5.73 Å². The first-order chi connectivity index (χ1) is 10.1. The van der Waals surface area contributed by atoms with E-state index in [1.807, 2.05) is 11.3 Å². The molecule has 1 atom stereocenters. The summed E-state index contributed by atoms with van der Waals surface area (Å²) >= 11 is 5.41. The van der Waals surface area contributed by atoms with Gasteiger partial charge in [0.15, 0.2) is 0 Å². The van der Waals surface area contributed by atoms with Gasteiger partial charge < -0.3 is 11.1 Å². The van der Waals surface area contributed by atoms with Crippen LogP contribution in [0.15, 0.2) is 9.85 Å². The fourth-order valence-electron chi connectivity index (χ4n) is 2.75. The maximum Gasteiger partial charge on any atom is 0.221 e. The largest absolute Gasteiger partial charge is 0.354 e. The lowest BCUT2D eigenvalue weighted by Crippen LogP contribution is -2.46. The quantitative estimate of drug-likeness (QED) is 0.758. The molecule has 0 saturated carbocycles. The van der Waals surface area contributed by atoms with Gasteiger partial charge in [0.2, 0.25) is 5.91 Å². The zero-order valence-electron chi connectivity index (χ0n) is 12.9. The molecule has 22 heavy (non-hydrogen) atoms. The minimum absolute atomic E-state index is 0. The van der Waals surface area contributed by atoms with E-state index in [1.54, 1.807) is 0 Å². The normalized spacial score (nSPS) is 18.8. The number of piperidine rings is 1. The lowest BCUT2D eigenvalue weighted by Gasteiger charge is -2.35. The Labute approximate surface area is 151 Å². The zero-order chi connectivity index (χ0) is 15.2. The summed E-state index contributed by atoms with van der Waals surface area (Å²) in [6.45, 7) is 5.39. The first-order valence-electron chi connectivity index (χ1n) is 7.55. The number of nitrogens with two attached hydrogens (primary N) is 1. The average molecular weight is 411 g/mol. The average Bonchev–Trinajstić information content (AvgIpc) is 2.77. The third-order valence-electron chi connectivity index (χ3n) is 3.92. The van der Waals surface area contributed by atoms with Gasteiger partial charge in [0.1, 0.15) is 0 Å². The Morgan fingerprint density at radius 3 is 2.95 bits per heavy atom. The van der Waals surface area contributed by atoms with Crippen LogP contribution in [0.1, 0.15) is 36.1 Å². The number of hydrogen-bond acceptors (Lipinski definition) is 4. The van der Waals surface area contributed by atoms with E-state index in [0.29, 0.717) is 19.0 Å². The highest BCUT2D eigenvalue weighted by atomic mass is 79.9. The van der Waals surface area contributed by atoms with Crippen molar-refractivity contribution in [2.45, 2.75) is 45.2 Å². The van der Waals surface area contributed by atoms with Crippen molar-refractivity contribution in [1.82, 2.24) is 10.2 Å². The van der Waals surface area contributed by atoms with Gasteiger partial charge in [-0.2, -0.15) is 0 Å². The molecule has 0 aromatic carbocycles. The van der Waals surface area contributed by atoms with Gasteiger partial charge in [-0.1, -0.05) is 6.42 Å². The van der Waals surface area contributed by atoms with E-state index in [1.165, 1.54) is 27.1 Å². The number of carbonyl (C=O) groups excluding carboxylic acids is 1. The molecule has 1 aliphatic heterocycles. The molecule has 0 bridgehead atoms. The molecule has 1 unspecified atom stereocenters. The number of carbonyl (C=O) groups is 1. The molecule has 4 nitrogen and oxygen atoms in total. The number of hydrogen-bond donors (Lipinski definition) is 2. The van der Waals surface area contributed by atoms with Crippen LogP contribution >= 0.6 is 39.7 Å². The molecule has 1 aromatic heterocycles. The zero-order valence-corrected chi connectivity index (χ0v) is 16.2. The van der Waals surface area contributed by atoms with Gasteiger partial charge in [-0.05, 0) is 53.9 Å². The molecular formula is C15H25BrClN3OS. The second-order valence-electron chi connectivity index (χ2n) is 5.63. The van der Waals surface area contributed by atoms with Gasteiger partial charge in [0.25, 0.3) is 0 Å². The molecule has 1 aromatic rings. The highest BCUT2D eigenvalue weighted by Gasteiger charge is 2.23. The van der Waals surface area contributed by atoms with Crippen molar-refractivity contribution >= 4 is 45.6 Å². The van der Waals surface area contributed by atoms with Gasteiger partial charge in [0, 0.05) is 37.0 Å². The third-order valence-corrected chi connectivity index (χ3v) is 6.04. The predicted octanol–water partition coefficient (Wildman–Crippen LogP) is 3.06. The SMILES string of the molecule is Cc1cc(CN2CCCCC2CNC(=O)CCN)sc1Br.Cl. The first-order valence-corrected chi connectivity index (χ1v) is 9.16. The van der Waals surface area contributed by atoms with Crippen molar-refractivity contribution in [1.29, 1.82) is 0 Å². The number of amides is 1. The second-order valence-corrected chi connectivity index (χ2v) is 8.09. The lowest BCUT2D eigenvalue weighted by atomic mass is 10.0. The Morgan fingerprint density at radius 2 is 2.32 bits per heavy atom. The number of aryl methyl sites for hydroxylation is 1. The Balaban J connectivity index is 0.00000242. The summed E-state index contributed by atoms with van der Waals surface area (Å²) in [5, 5.41) is 3.02. The molecule has 7 heteroatoms. The molecule has 2 rings (SSSR count). The summed E-state index contributed by atoms with van der Waals surface area (Å²) < 4.78 is 1.22. The molecule has 1 aliphatic rings. The number of nitrogens with one attached hydrogen (secondary N) is 1. The van der Waals surface area contributed by atoms with E-state index in [-0.39, 0.29) is 18.3 Å². The number of likely N-dealkylation sites (tertiary alicyclic amines) is 1. The minimum Gasteiger partial charge on any atom is -0.354 e. The molecule has 3 N–H and O–H groups in total. The van der Waals surface area contributed by atoms with Crippen LogP contribution in [0.5, 0.6) is 0 Å². The summed E-state index contributed by atoms with van der Waals surface area (Å²) in [4.78, 5) is 15.5. The van der Waals surface area contributed by atoms with Gasteiger partial charge in [-0.3, -0.25) is 9.69 Å². The molecule has 1 saturated heterocycles. The van der Waals surface area contributed by atoms with Gasteiger partial charge >= 0.3 is 0 Å². The molecule has 0 radical (unpaired) electrons. The van der Waals surface area contributed by atoms with Crippen LogP contribution < -0.4 is 11.1 Å². The number of nitrogens with zero attached hydrogens (tertiary/aromatic N) is 1. The highest BCUT2D eigenvalue weighted by Crippen LogP contribution is 2.29. The monoisotopic (exact) mass is 409 g/mol. The molecule has 0 aliphatic carbocycles. The van der Waals surface area contributed by atoms with Crippen molar-refractivity contribution < 1.29 is 4.79 Å². The first kappa shape index (κ1) is 19.9. The standard InChI is InChI=1S/C15H24BrN3OS.ClH/c1-11-8-13(21-15(11)16)10-19-7-3-2-4-12(19)9-18-14(20)5-6-17;/h8,12H,2-7,9-10,17H2,1H3,(H,18,20);1H. The number of halogens is 2. The predicted molar refractivity (Wildman–Crippen MR) is 98.7 cm³/mol. The maximum absolute atomic E-state index is 11.6. The van der Waals surface area contributed by atoms with Gasteiger partial charge in [-0.25, -0.2) is 0 Å². The van der Waals surface area contributed by atoms with Crippen LogP contribution in [0.4, 0.5) is 0 Å². The summed E-state index contributed by atoms with van der Waals surface area (Å²) in [5.41, 5.74) is 6.72. The molecular weight excluding hydrogens is 386 g/mol. The second kappa shape index (κ2) is 9.88. The molecule has 126 valence electrons. The summed E-state index contributed by atoms with van der Waals surface area (Å²) in [7, 11) is 0. The maximum atomic E-state index is 11.6. The molecule has 0 spiro atoms. The Morgan fingerprint density at radius 1 is 1.55 bits per heavy atom. The number of rotatable bonds is 6. The van der Waals surface area contributed by atoms with E-state index in [9.17, 15) is 4.79 Å². The minimum atomic E-state index is 0. The Kier molecular flexibility index (Phi) is 8.94. The van der Waals surface area contributed by atoms with Crippen LogP contribution in [0.2, 0.25) is 0 Å². The fourth-order valence-corrected chi connectivity index (χ4v) is 4.41. The lowest BCUT2D eigenvalue weighted by molar-refractivity contribution is -0.121. The molecule has 1 fully saturated rings. The summed E-state index contributed by atoms with van der Waals surface area (Å²) in [6, 6.07) is 2.70. The van der Waals surface area contributed by atoms with Crippen molar-refractivity contribution in [2.24, 2.45) is 5.73 Å². The fraction of sp³-hybridized carbons (Fsp3) is 0.667. The van der Waals surface area contributed by atoms with E-state index in [0.717, 1.165) is 26.1 Å². The van der Waals surface area contributed by atoms with Crippen molar-refractivity contribution in [3.8, 4) is 0 Å². The van der Waals surface area contributed by atoms with Crippen LogP contribution in [-0.4, -0.2) is 36.5 Å². The van der Waals surface area contributed by atoms with Gasteiger partial charge in [-0.15, -0.1) is 23.7 Å². The highest BCUT2D eigenvalue weighted by molar-refractivity contribution is 9.11. The topological polar surface area (TPSA) is 58.4 Å². The molecule has 1 amide bonds. The number of thiophene rings is 1. The van der Waals surface area contributed by atoms with Crippen LogP contribution in [0.25, 0.3) is 0 Å². The third kappa shape index (κ3) is 5.81. The van der Waals surface area contributed by atoms with E-state index < -0.39 is 0 Å². The molecule has 2 heterocycles. The summed E-state index contributed by atoms with van der Waals surface area (Å²) in [5.74, 6) is 0.0673. The van der Waals surface area contributed by atoms with Gasteiger partial charge in [0.05, 0.1) is 3.79 Å². The summed E-state index contributed by atoms with van der Waals surface area (Å²) in [6.07, 6.45) is 4.08. The van der Waals surface area contributed by atoms with Crippen LogP contribution in [0, 0.1) is 6.92 Å².